The van der Waals surface area contributed by atoms with Crippen molar-refractivity contribution in [3.8, 4) is 17.2 Å². The van der Waals surface area contributed by atoms with Gasteiger partial charge in [0.25, 0.3) is 0 Å². The average Bonchev–Trinajstić information content (AvgIpc) is 3.78. The molecule has 0 aromatic heterocycles. The van der Waals surface area contributed by atoms with Crippen LogP contribution in [0.5, 0.6) is 17.2 Å². The molecular formula is C35H43NO7. The minimum Gasteiger partial charge on any atom is -0.493 e. The van der Waals surface area contributed by atoms with E-state index in [1.165, 1.54) is 44.0 Å². The maximum absolute atomic E-state index is 11.4. The SMILES string of the molecule is COC(=O)COc1ccc(COC[C@H]2CC34CCC2(OC)[C@@H]2Oc5c(OC)ccc6c5C23CCN(CC2CC2)[C@@H]4C6)cc1. The van der Waals surface area contributed by atoms with Crippen LogP contribution in [-0.4, -0.2) is 76.2 Å². The summed E-state index contributed by atoms with van der Waals surface area (Å²) in [7, 11) is 5.01. The molecule has 6 atom stereocenters. The zero-order chi connectivity index (χ0) is 29.4. The van der Waals surface area contributed by atoms with Crippen molar-refractivity contribution in [2.75, 3.05) is 47.6 Å². The van der Waals surface area contributed by atoms with Gasteiger partial charge in [-0.25, -0.2) is 4.79 Å². The molecule has 8 heteroatoms. The Bertz CT molecular complexity index is 1410. The molecule has 4 saturated carbocycles. The lowest BCUT2D eigenvalue weighted by Crippen LogP contribution is -2.81. The quantitative estimate of drug-likeness (QED) is 0.350. The van der Waals surface area contributed by atoms with E-state index in [-0.39, 0.29) is 29.5 Å². The maximum atomic E-state index is 11.4. The maximum Gasteiger partial charge on any atom is 0.343 e. The van der Waals surface area contributed by atoms with Gasteiger partial charge in [-0.3, -0.25) is 4.90 Å². The number of carbonyl (C=O) groups is 1. The predicted molar refractivity (Wildman–Crippen MR) is 159 cm³/mol. The monoisotopic (exact) mass is 589 g/mol. The Morgan fingerprint density at radius 3 is 2.63 bits per heavy atom. The van der Waals surface area contributed by atoms with E-state index >= 15 is 0 Å². The number of nitrogens with zero attached hydrogens (tertiary/aromatic N) is 1. The van der Waals surface area contributed by atoms with E-state index in [1.807, 2.05) is 31.4 Å². The number of benzene rings is 2. The number of likely N-dealkylation sites (tertiary alicyclic amines) is 1. The van der Waals surface area contributed by atoms with Gasteiger partial charge in [-0.1, -0.05) is 18.2 Å². The summed E-state index contributed by atoms with van der Waals surface area (Å²) in [6.45, 7) is 3.41. The molecule has 2 spiro atoms. The van der Waals surface area contributed by atoms with Gasteiger partial charge < -0.3 is 28.4 Å². The predicted octanol–water partition coefficient (Wildman–Crippen LogP) is 4.69. The average molecular weight is 590 g/mol. The Morgan fingerprint density at radius 1 is 1.05 bits per heavy atom. The Kier molecular flexibility index (Phi) is 6.52. The van der Waals surface area contributed by atoms with Crippen LogP contribution in [0.25, 0.3) is 0 Å². The first-order valence-corrected chi connectivity index (χ1v) is 16.0. The normalized spacial score (nSPS) is 34.8. The van der Waals surface area contributed by atoms with Gasteiger partial charge in [-0.2, -0.15) is 0 Å². The van der Waals surface area contributed by atoms with Crippen molar-refractivity contribution < 1.29 is 33.2 Å². The second-order valence-corrected chi connectivity index (χ2v) is 13.7. The van der Waals surface area contributed by atoms with Crippen LogP contribution < -0.4 is 14.2 Å². The Hall–Kier alpha value is -2.81. The number of piperidine rings is 1. The molecule has 43 heavy (non-hydrogen) atoms. The summed E-state index contributed by atoms with van der Waals surface area (Å²) in [6.07, 6.45) is 8.21. The van der Waals surface area contributed by atoms with Crippen molar-refractivity contribution in [3.63, 3.8) is 0 Å². The van der Waals surface area contributed by atoms with Crippen LogP contribution in [-0.2, 0) is 37.4 Å². The van der Waals surface area contributed by atoms with Crippen LogP contribution in [0.3, 0.4) is 0 Å². The zero-order valence-electron chi connectivity index (χ0n) is 25.6. The van der Waals surface area contributed by atoms with Crippen LogP contribution in [0.1, 0.15) is 55.2 Å². The number of rotatable bonds is 11. The molecule has 2 heterocycles. The molecule has 9 rings (SSSR count). The smallest absolute Gasteiger partial charge is 0.343 e. The molecule has 5 fully saturated rings. The van der Waals surface area contributed by atoms with Gasteiger partial charge in [0.15, 0.2) is 18.1 Å². The van der Waals surface area contributed by atoms with E-state index in [0.717, 1.165) is 55.2 Å². The first kappa shape index (κ1) is 27.7. The Labute approximate surface area is 253 Å². The molecule has 5 aliphatic carbocycles. The van der Waals surface area contributed by atoms with Crippen molar-refractivity contribution in [2.24, 2.45) is 17.3 Å². The number of methoxy groups -OCH3 is 3. The van der Waals surface area contributed by atoms with Crippen LogP contribution >= 0.6 is 0 Å². The zero-order valence-corrected chi connectivity index (χ0v) is 25.6. The molecule has 230 valence electrons. The lowest BCUT2D eigenvalue weighted by Gasteiger charge is -2.74. The minimum atomic E-state index is -0.408. The van der Waals surface area contributed by atoms with Gasteiger partial charge >= 0.3 is 5.97 Å². The summed E-state index contributed by atoms with van der Waals surface area (Å²) in [6, 6.07) is 12.7. The number of hydrogen-bond donors (Lipinski definition) is 0. The van der Waals surface area contributed by atoms with Crippen molar-refractivity contribution >= 4 is 5.97 Å². The first-order valence-electron chi connectivity index (χ1n) is 16.0. The van der Waals surface area contributed by atoms with Crippen LogP contribution in [0, 0.1) is 17.3 Å². The lowest BCUT2D eigenvalue weighted by atomic mass is 9.35. The summed E-state index contributed by atoms with van der Waals surface area (Å²) in [5.74, 6) is 3.17. The van der Waals surface area contributed by atoms with Gasteiger partial charge in [-0.05, 0) is 86.7 Å². The fraction of sp³-hybridized carbons (Fsp3) is 0.629. The van der Waals surface area contributed by atoms with E-state index in [2.05, 4.69) is 21.8 Å². The minimum absolute atomic E-state index is 0.0386. The molecule has 2 aromatic carbocycles. The highest BCUT2D eigenvalue weighted by Crippen LogP contribution is 2.76. The van der Waals surface area contributed by atoms with Crippen molar-refractivity contribution in [3.05, 3.63) is 53.1 Å². The van der Waals surface area contributed by atoms with E-state index in [0.29, 0.717) is 25.0 Å². The number of fused-ring (bicyclic) bond motifs is 2. The molecule has 1 saturated heterocycles. The fourth-order valence-electron chi connectivity index (χ4n) is 10.1. The van der Waals surface area contributed by atoms with E-state index in [9.17, 15) is 4.79 Å². The topological polar surface area (TPSA) is 75.7 Å². The summed E-state index contributed by atoms with van der Waals surface area (Å²) in [5.41, 5.74) is 3.66. The third-order valence-electron chi connectivity index (χ3n) is 12.1. The third kappa shape index (κ3) is 3.88. The molecule has 7 aliphatic rings. The number of carbonyl (C=O) groups excluding carboxylic acids is 1. The van der Waals surface area contributed by atoms with Crippen molar-refractivity contribution in [1.82, 2.24) is 4.90 Å². The largest absolute Gasteiger partial charge is 0.493 e. The summed E-state index contributed by atoms with van der Waals surface area (Å²) >= 11 is 0. The molecule has 4 bridgehead atoms. The van der Waals surface area contributed by atoms with Crippen LogP contribution in [0.4, 0.5) is 0 Å². The third-order valence-corrected chi connectivity index (χ3v) is 12.1. The van der Waals surface area contributed by atoms with Crippen LogP contribution in [0.2, 0.25) is 0 Å². The molecule has 0 amide bonds. The summed E-state index contributed by atoms with van der Waals surface area (Å²) in [4.78, 5) is 14.3. The molecule has 0 radical (unpaired) electrons. The van der Waals surface area contributed by atoms with Gasteiger partial charge in [0.05, 0.1) is 27.4 Å². The van der Waals surface area contributed by atoms with Crippen LogP contribution in [0.15, 0.2) is 36.4 Å². The highest BCUT2D eigenvalue weighted by molar-refractivity contribution is 5.70. The molecular weight excluding hydrogens is 546 g/mol. The Morgan fingerprint density at radius 2 is 1.88 bits per heavy atom. The number of ether oxygens (including phenoxy) is 6. The lowest BCUT2D eigenvalue weighted by molar-refractivity contribution is -0.283. The molecule has 3 unspecified atom stereocenters. The molecule has 8 nitrogen and oxygen atoms in total. The fourth-order valence-corrected chi connectivity index (χ4v) is 10.1. The highest BCUT2D eigenvalue weighted by atomic mass is 16.6. The van der Waals surface area contributed by atoms with Gasteiger partial charge in [0.2, 0.25) is 0 Å². The van der Waals surface area contributed by atoms with E-state index < -0.39 is 11.6 Å². The summed E-state index contributed by atoms with van der Waals surface area (Å²) in [5, 5.41) is 0. The number of hydrogen-bond acceptors (Lipinski definition) is 8. The first-order chi connectivity index (χ1) is 21.0. The summed E-state index contributed by atoms with van der Waals surface area (Å²) < 4.78 is 36.3. The van der Waals surface area contributed by atoms with Gasteiger partial charge in [0.1, 0.15) is 17.5 Å². The van der Waals surface area contributed by atoms with Crippen molar-refractivity contribution in [2.45, 2.75) is 74.7 Å². The molecule has 0 N–H and O–H groups in total. The molecule has 2 aromatic rings. The standard InChI is InChI=1S/C35H43NO7/c1-38-27-11-8-24-16-28-33-12-13-35(40-3,32-34(33,30(24)31(27)43-32)14-15-36(28)18-22-4-5-22)25(17-33)20-41-19-23-6-9-26(10-7-23)42-21-29(37)39-2/h6-11,22,25,28,32H,4-5,12-21H2,1-3H3/t25-,28-,32-,33?,34?,35?/m1/s1. The Balaban J connectivity index is 1.08. The second-order valence-electron chi connectivity index (χ2n) is 13.7. The van der Waals surface area contributed by atoms with Gasteiger partial charge in [0, 0.05) is 42.0 Å². The van der Waals surface area contributed by atoms with Crippen molar-refractivity contribution in [1.29, 1.82) is 0 Å². The second kappa shape index (κ2) is 10.1. The van der Waals surface area contributed by atoms with E-state index in [1.54, 1.807) is 7.11 Å². The highest BCUT2D eigenvalue weighted by Gasteiger charge is 2.80. The van der Waals surface area contributed by atoms with E-state index in [4.69, 9.17) is 23.7 Å². The number of esters is 1. The molecule has 2 aliphatic heterocycles. The van der Waals surface area contributed by atoms with Gasteiger partial charge in [-0.15, -0.1) is 0 Å².